The van der Waals surface area contributed by atoms with Gasteiger partial charge in [-0.25, -0.2) is 0 Å². The molecule has 1 heterocycles. The van der Waals surface area contributed by atoms with E-state index in [9.17, 15) is 0 Å². The van der Waals surface area contributed by atoms with Crippen molar-refractivity contribution < 1.29 is 0 Å². The van der Waals surface area contributed by atoms with Crippen molar-refractivity contribution >= 4 is 110 Å². The van der Waals surface area contributed by atoms with Crippen LogP contribution < -0.4 is 5.19 Å². The first-order valence-electron chi connectivity index (χ1n) is 20.2. The minimum Gasteiger partial charge on any atom is -0.309 e. The number of nitrogens with zero attached hydrogens (tertiary/aromatic N) is 1. The summed E-state index contributed by atoms with van der Waals surface area (Å²) in [5.41, 5.74) is 8.78. The zero-order chi connectivity index (χ0) is 37.7. The van der Waals surface area contributed by atoms with Gasteiger partial charge in [0.2, 0.25) is 0 Å². The fourth-order valence-corrected chi connectivity index (χ4v) is 11.6. The van der Waals surface area contributed by atoms with Gasteiger partial charge in [0.05, 0.1) is 19.1 Å². The van der Waals surface area contributed by atoms with Gasteiger partial charge in [-0.2, -0.15) is 0 Å². The minimum absolute atomic E-state index is 1.21. The van der Waals surface area contributed by atoms with Gasteiger partial charge in [-0.3, -0.25) is 0 Å². The maximum atomic E-state index is 2.51. The highest BCUT2D eigenvalue weighted by molar-refractivity contribution is 6.88. The summed E-state index contributed by atoms with van der Waals surface area (Å²) < 4.78 is 2.51. The van der Waals surface area contributed by atoms with E-state index >= 15 is 0 Å². The van der Waals surface area contributed by atoms with Gasteiger partial charge in [-0.05, 0) is 146 Å². The van der Waals surface area contributed by atoms with Crippen LogP contribution in [0.3, 0.4) is 0 Å². The van der Waals surface area contributed by atoms with Crippen molar-refractivity contribution in [3.05, 3.63) is 170 Å². The van der Waals surface area contributed by atoms with E-state index in [0.717, 1.165) is 0 Å². The lowest BCUT2D eigenvalue weighted by molar-refractivity contribution is 1.18. The highest BCUT2D eigenvalue weighted by Gasteiger charge is 2.23. The fraction of sp³-hybridized carbons (Fsp3) is 0.0545. The molecule has 12 aromatic carbocycles. The molecule has 0 spiro atoms. The molecule has 2 heteroatoms. The molecule has 13 rings (SSSR count). The predicted molar refractivity (Wildman–Crippen MR) is 251 cm³/mol. The summed E-state index contributed by atoms with van der Waals surface area (Å²) in [5.74, 6) is 0. The first kappa shape index (κ1) is 31.5. The Morgan fingerprint density at radius 1 is 0.333 bits per heavy atom. The highest BCUT2D eigenvalue weighted by atomic mass is 28.3. The second-order valence-electron chi connectivity index (χ2n) is 17.3. The van der Waals surface area contributed by atoms with E-state index in [0.29, 0.717) is 0 Å². The summed E-state index contributed by atoms with van der Waals surface area (Å²) in [4.78, 5) is 0. The zero-order valence-electron chi connectivity index (χ0n) is 32.1. The Labute approximate surface area is 331 Å². The molecule has 0 aliphatic carbocycles. The Bertz CT molecular complexity index is 3420. The number of hydrogen-bond acceptors (Lipinski definition) is 0. The molecule has 0 radical (unpaired) electrons. The van der Waals surface area contributed by atoms with E-state index in [1.807, 2.05) is 0 Å². The molecule has 0 bridgehead atoms. The average molecular weight is 740 g/mol. The van der Waals surface area contributed by atoms with Crippen LogP contribution in [0.2, 0.25) is 19.6 Å². The Morgan fingerprint density at radius 3 is 1.09 bits per heavy atom. The van der Waals surface area contributed by atoms with Gasteiger partial charge >= 0.3 is 0 Å². The van der Waals surface area contributed by atoms with Crippen molar-refractivity contribution in [1.29, 1.82) is 0 Å². The Morgan fingerprint density at radius 2 is 0.702 bits per heavy atom. The van der Waals surface area contributed by atoms with Gasteiger partial charge in [0, 0.05) is 16.5 Å². The smallest absolute Gasteiger partial charge is 0.0775 e. The summed E-state index contributed by atoms with van der Waals surface area (Å²) in [7, 11) is -1.45. The van der Waals surface area contributed by atoms with E-state index in [4.69, 9.17) is 0 Å². The van der Waals surface area contributed by atoms with Gasteiger partial charge in [0.1, 0.15) is 0 Å². The molecular formula is C55H37NSi. The molecule has 0 amide bonds. The van der Waals surface area contributed by atoms with E-state index in [-0.39, 0.29) is 0 Å². The molecule has 0 fully saturated rings. The van der Waals surface area contributed by atoms with Crippen LogP contribution in [0.4, 0.5) is 0 Å². The average Bonchev–Trinajstić information content (AvgIpc) is 3.58. The predicted octanol–water partition coefficient (Wildman–Crippen LogP) is 15.0. The SMILES string of the molecule is C[Si](C)(C)c1ccc(-n2c3ccc(-c4cc5ccc6cccc7ccc(c4)c5c67)c4ccc5c(-c6cc7ccc8cccc9ccc(c6)c7c89)ccc2c5c43)cc1. The van der Waals surface area contributed by atoms with Crippen molar-refractivity contribution in [1.82, 2.24) is 4.57 Å². The van der Waals surface area contributed by atoms with Crippen LogP contribution in [0.5, 0.6) is 0 Å². The van der Waals surface area contributed by atoms with Crippen molar-refractivity contribution in [2.45, 2.75) is 19.6 Å². The summed E-state index contributed by atoms with van der Waals surface area (Å²) in [6, 6.07) is 65.0. The van der Waals surface area contributed by atoms with E-state index < -0.39 is 8.07 Å². The Balaban J connectivity index is 1.09. The first-order valence-corrected chi connectivity index (χ1v) is 23.7. The normalized spacial score (nSPS) is 12.8. The van der Waals surface area contributed by atoms with Gasteiger partial charge in [-0.1, -0.05) is 146 Å². The van der Waals surface area contributed by atoms with E-state index in [2.05, 4.69) is 194 Å². The highest BCUT2D eigenvalue weighted by Crippen LogP contribution is 2.47. The van der Waals surface area contributed by atoms with Crippen LogP contribution in [-0.4, -0.2) is 12.6 Å². The fourth-order valence-electron chi connectivity index (χ4n) is 10.5. The quantitative estimate of drug-likeness (QED) is 0.125. The van der Waals surface area contributed by atoms with Crippen molar-refractivity contribution in [3.63, 3.8) is 0 Å². The minimum atomic E-state index is -1.45. The van der Waals surface area contributed by atoms with Gasteiger partial charge < -0.3 is 4.57 Å². The van der Waals surface area contributed by atoms with Gasteiger partial charge in [0.25, 0.3) is 0 Å². The van der Waals surface area contributed by atoms with Crippen LogP contribution in [-0.2, 0) is 0 Å². The van der Waals surface area contributed by atoms with Crippen LogP contribution in [0, 0.1) is 0 Å². The van der Waals surface area contributed by atoms with Gasteiger partial charge in [0.15, 0.2) is 0 Å². The molecule has 266 valence electrons. The molecule has 1 nitrogen and oxygen atoms in total. The molecular weight excluding hydrogens is 703 g/mol. The Hall–Kier alpha value is -6.74. The molecule has 57 heavy (non-hydrogen) atoms. The standard InChI is InChI=1S/C55H37NSi/c1-57(2,3)43-20-18-42(19-21-43)56-48-26-24-44(40-28-36-14-10-32-6-4-7-33-11-15-37(29-40)52(36)50(32)33)46-22-23-47-45(25-27-49(56)55(47)54(46)48)41-30-38-16-12-34-8-5-9-35-13-17-39(31-41)53(38)51(34)35/h4-31H,1-3H3. The second kappa shape index (κ2) is 11.0. The molecule has 0 saturated carbocycles. The summed E-state index contributed by atoms with van der Waals surface area (Å²) in [5, 5.41) is 22.6. The zero-order valence-corrected chi connectivity index (χ0v) is 33.1. The van der Waals surface area contributed by atoms with Gasteiger partial charge in [-0.15, -0.1) is 0 Å². The van der Waals surface area contributed by atoms with Crippen molar-refractivity contribution in [2.75, 3.05) is 0 Å². The molecule has 1 aromatic heterocycles. The topological polar surface area (TPSA) is 4.93 Å². The largest absolute Gasteiger partial charge is 0.309 e. The third-order valence-corrected chi connectivity index (χ3v) is 15.2. The lowest BCUT2D eigenvalue weighted by atomic mass is 9.88. The molecule has 0 N–H and O–H groups in total. The van der Waals surface area contributed by atoms with E-state index in [1.165, 1.54) is 130 Å². The summed E-state index contributed by atoms with van der Waals surface area (Å²) >= 11 is 0. The van der Waals surface area contributed by atoms with Crippen LogP contribution in [0.15, 0.2) is 170 Å². The molecule has 13 aromatic rings. The third-order valence-electron chi connectivity index (χ3n) is 13.1. The van der Waals surface area contributed by atoms with Crippen LogP contribution in [0.1, 0.15) is 0 Å². The number of aromatic nitrogens is 1. The van der Waals surface area contributed by atoms with Crippen molar-refractivity contribution in [2.24, 2.45) is 0 Å². The number of hydrogen-bond donors (Lipinski definition) is 0. The molecule has 0 aliphatic heterocycles. The maximum absolute atomic E-state index is 2.51. The number of rotatable bonds is 4. The third kappa shape index (κ3) is 4.28. The Kier molecular flexibility index (Phi) is 6.05. The molecule has 0 atom stereocenters. The summed E-state index contributed by atoms with van der Waals surface area (Å²) in [6.07, 6.45) is 0. The number of benzene rings is 12. The maximum Gasteiger partial charge on any atom is 0.0775 e. The van der Waals surface area contributed by atoms with Crippen LogP contribution in [0.25, 0.3) is 125 Å². The van der Waals surface area contributed by atoms with Crippen molar-refractivity contribution in [3.8, 4) is 27.9 Å². The molecule has 0 aliphatic rings. The lowest BCUT2D eigenvalue weighted by Gasteiger charge is -2.17. The monoisotopic (exact) mass is 739 g/mol. The molecule has 0 saturated heterocycles. The van der Waals surface area contributed by atoms with E-state index in [1.54, 1.807) is 0 Å². The van der Waals surface area contributed by atoms with Crippen LogP contribution >= 0.6 is 0 Å². The second-order valence-corrected chi connectivity index (χ2v) is 22.4. The first-order chi connectivity index (χ1) is 27.9. The lowest BCUT2D eigenvalue weighted by Crippen LogP contribution is -2.37. The molecule has 0 unspecified atom stereocenters. The summed E-state index contributed by atoms with van der Waals surface area (Å²) in [6.45, 7) is 7.28.